The summed E-state index contributed by atoms with van der Waals surface area (Å²) in [6.45, 7) is 4.21. The maximum atomic E-state index is 5.92. The summed E-state index contributed by atoms with van der Waals surface area (Å²) in [6.07, 6.45) is 5.28. The standard InChI is InChI=1S/C23H28N2O/c1-2-4-19(5-3-1)15-26-21-8-6-20(7-9-21)22-16-23(22,17-22)25-14-18-10-12-24-13-11-18/h1-9,18,24-25H,10-17H2. The molecule has 2 N–H and O–H groups in total. The Kier molecular flexibility index (Phi) is 4.02. The highest BCUT2D eigenvalue weighted by Gasteiger charge is 2.83. The van der Waals surface area contributed by atoms with Gasteiger partial charge in [-0.05, 0) is 74.5 Å². The van der Waals surface area contributed by atoms with Crippen molar-refractivity contribution in [1.29, 1.82) is 0 Å². The lowest BCUT2D eigenvalue weighted by molar-refractivity contribution is 0.306. The van der Waals surface area contributed by atoms with E-state index in [-0.39, 0.29) is 0 Å². The fourth-order valence-corrected chi connectivity index (χ4v) is 4.70. The molecular formula is C23H28N2O. The number of nitrogens with one attached hydrogen (secondary N) is 2. The van der Waals surface area contributed by atoms with E-state index in [9.17, 15) is 0 Å². The molecule has 1 heterocycles. The van der Waals surface area contributed by atoms with Crippen LogP contribution in [0, 0.1) is 5.92 Å². The van der Waals surface area contributed by atoms with Crippen molar-refractivity contribution >= 4 is 0 Å². The smallest absolute Gasteiger partial charge is 0.119 e. The van der Waals surface area contributed by atoms with E-state index in [1.54, 1.807) is 0 Å². The minimum atomic E-state index is 0.421. The van der Waals surface area contributed by atoms with Gasteiger partial charge in [0.2, 0.25) is 0 Å². The fraction of sp³-hybridized carbons (Fsp3) is 0.478. The van der Waals surface area contributed by atoms with Crippen LogP contribution in [0.1, 0.15) is 36.8 Å². The van der Waals surface area contributed by atoms with Crippen molar-refractivity contribution in [3.8, 4) is 5.75 Å². The molecule has 3 nitrogen and oxygen atoms in total. The minimum Gasteiger partial charge on any atom is -0.489 e. The average molecular weight is 348 g/mol. The molecule has 0 amide bonds. The van der Waals surface area contributed by atoms with Crippen LogP contribution in [0.2, 0.25) is 0 Å². The molecule has 26 heavy (non-hydrogen) atoms. The molecular weight excluding hydrogens is 320 g/mol. The Bertz CT molecular complexity index is 744. The maximum Gasteiger partial charge on any atom is 0.119 e. The monoisotopic (exact) mass is 348 g/mol. The van der Waals surface area contributed by atoms with E-state index in [0.717, 1.165) is 11.7 Å². The molecule has 0 atom stereocenters. The largest absolute Gasteiger partial charge is 0.489 e. The second-order valence-electron chi connectivity index (χ2n) is 8.39. The van der Waals surface area contributed by atoms with Crippen molar-refractivity contribution in [3.63, 3.8) is 0 Å². The third-order valence-corrected chi connectivity index (χ3v) is 6.72. The van der Waals surface area contributed by atoms with Gasteiger partial charge in [0.15, 0.2) is 0 Å². The van der Waals surface area contributed by atoms with Gasteiger partial charge in [-0.3, -0.25) is 0 Å². The third kappa shape index (κ3) is 2.93. The van der Waals surface area contributed by atoms with E-state index in [4.69, 9.17) is 4.74 Å². The number of benzene rings is 2. The van der Waals surface area contributed by atoms with E-state index in [1.807, 2.05) is 6.07 Å². The Balaban J connectivity index is 1.15. The first-order chi connectivity index (χ1) is 12.8. The first kappa shape index (κ1) is 16.3. The van der Waals surface area contributed by atoms with Crippen molar-refractivity contribution in [2.75, 3.05) is 19.6 Å². The van der Waals surface area contributed by atoms with Crippen molar-refractivity contribution in [1.82, 2.24) is 10.6 Å². The molecule has 136 valence electrons. The van der Waals surface area contributed by atoms with Crippen LogP contribution < -0.4 is 15.4 Å². The Labute approximate surface area is 156 Å². The van der Waals surface area contributed by atoms with E-state index in [1.165, 1.54) is 56.4 Å². The van der Waals surface area contributed by atoms with Crippen LogP contribution in [0.15, 0.2) is 54.6 Å². The number of fused-ring (bicyclic) bond motifs is 1. The first-order valence-electron chi connectivity index (χ1n) is 10.0. The van der Waals surface area contributed by atoms with Gasteiger partial charge in [-0.25, -0.2) is 0 Å². The zero-order chi connectivity index (χ0) is 17.5. The Morgan fingerprint density at radius 2 is 1.69 bits per heavy atom. The second kappa shape index (κ2) is 6.40. The van der Waals surface area contributed by atoms with Crippen LogP contribution in [0.25, 0.3) is 0 Å². The molecule has 0 spiro atoms. The van der Waals surface area contributed by atoms with Gasteiger partial charge in [-0.15, -0.1) is 0 Å². The number of piperidine rings is 1. The van der Waals surface area contributed by atoms with E-state index < -0.39 is 0 Å². The van der Waals surface area contributed by atoms with Gasteiger partial charge >= 0.3 is 0 Å². The first-order valence-corrected chi connectivity index (χ1v) is 10.0. The van der Waals surface area contributed by atoms with Crippen LogP contribution in [-0.4, -0.2) is 25.2 Å². The van der Waals surface area contributed by atoms with Crippen LogP contribution in [0.4, 0.5) is 0 Å². The molecule has 0 bridgehead atoms. The highest BCUT2D eigenvalue weighted by molar-refractivity contribution is 5.55. The molecule has 0 unspecified atom stereocenters. The summed E-state index contributed by atoms with van der Waals surface area (Å²) >= 11 is 0. The summed E-state index contributed by atoms with van der Waals surface area (Å²) in [5.74, 6) is 1.82. The highest BCUT2D eigenvalue weighted by atomic mass is 16.5. The van der Waals surface area contributed by atoms with Crippen molar-refractivity contribution in [2.24, 2.45) is 5.92 Å². The minimum absolute atomic E-state index is 0.421. The Morgan fingerprint density at radius 3 is 2.42 bits per heavy atom. The summed E-state index contributed by atoms with van der Waals surface area (Å²) in [7, 11) is 0. The molecule has 0 radical (unpaired) electrons. The summed E-state index contributed by atoms with van der Waals surface area (Å²) in [6, 6.07) is 19.2. The molecule has 0 aromatic heterocycles. The quantitative estimate of drug-likeness (QED) is 0.801. The van der Waals surface area contributed by atoms with Gasteiger partial charge in [0, 0.05) is 11.0 Å². The summed E-state index contributed by atoms with van der Waals surface area (Å²) < 4.78 is 5.92. The van der Waals surface area contributed by atoms with Gasteiger partial charge in [-0.1, -0.05) is 42.5 Å². The molecule has 2 aromatic rings. The third-order valence-electron chi connectivity index (χ3n) is 6.72. The molecule has 1 saturated heterocycles. The van der Waals surface area contributed by atoms with E-state index in [2.05, 4.69) is 59.2 Å². The van der Waals surface area contributed by atoms with Crippen molar-refractivity contribution < 1.29 is 4.74 Å². The number of hydrogen-bond acceptors (Lipinski definition) is 3. The lowest BCUT2D eigenvalue weighted by Gasteiger charge is -2.23. The normalized spacial score (nSPS) is 29.8. The van der Waals surface area contributed by atoms with Gasteiger partial charge in [-0.2, -0.15) is 0 Å². The maximum absolute atomic E-state index is 5.92. The van der Waals surface area contributed by atoms with Crippen LogP contribution >= 0.6 is 0 Å². The second-order valence-corrected chi connectivity index (χ2v) is 8.39. The molecule has 3 fully saturated rings. The summed E-state index contributed by atoms with van der Waals surface area (Å²) in [5.41, 5.74) is 3.55. The summed E-state index contributed by atoms with van der Waals surface area (Å²) in [4.78, 5) is 0. The molecule has 5 rings (SSSR count). The fourth-order valence-electron chi connectivity index (χ4n) is 4.70. The Morgan fingerprint density at radius 1 is 0.962 bits per heavy atom. The predicted octanol–water partition coefficient (Wildman–Crippen LogP) is 3.64. The molecule has 2 saturated carbocycles. The molecule has 2 aromatic carbocycles. The SMILES string of the molecule is c1ccc(COc2ccc(C34CC3(NCC3CCNCC3)C4)cc2)cc1. The number of ether oxygens (including phenoxy) is 1. The van der Waals surface area contributed by atoms with Crippen LogP contribution in [-0.2, 0) is 12.0 Å². The zero-order valence-corrected chi connectivity index (χ0v) is 15.3. The van der Waals surface area contributed by atoms with Crippen molar-refractivity contribution in [2.45, 2.75) is 43.2 Å². The lowest BCUT2D eigenvalue weighted by atomic mass is 9.98. The molecule has 2 aliphatic carbocycles. The zero-order valence-electron chi connectivity index (χ0n) is 15.3. The molecule has 3 aliphatic rings. The number of rotatable bonds is 7. The predicted molar refractivity (Wildman–Crippen MR) is 104 cm³/mol. The number of hydrogen-bond donors (Lipinski definition) is 2. The Hall–Kier alpha value is -1.84. The van der Waals surface area contributed by atoms with Crippen molar-refractivity contribution in [3.05, 3.63) is 65.7 Å². The molecule has 3 heteroatoms. The van der Waals surface area contributed by atoms with Crippen LogP contribution in [0.5, 0.6) is 5.75 Å². The average Bonchev–Trinajstić information content (AvgIpc) is 3.54. The molecule has 1 aliphatic heterocycles. The van der Waals surface area contributed by atoms with Gasteiger partial charge in [0.25, 0.3) is 0 Å². The van der Waals surface area contributed by atoms with Gasteiger partial charge < -0.3 is 15.4 Å². The topological polar surface area (TPSA) is 33.3 Å². The van der Waals surface area contributed by atoms with Gasteiger partial charge in [0.05, 0.1) is 0 Å². The van der Waals surface area contributed by atoms with Crippen LogP contribution in [0.3, 0.4) is 0 Å². The van der Waals surface area contributed by atoms with Gasteiger partial charge in [0.1, 0.15) is 12.4 Å². The lowest BCUT2D eigenvalue weighted by Crippen LogP contribution is -2.36. The van der Waals surface area contributed by atoms with E-state index in [0.29, 0.717) is 17.6 Å². The van der Waals surface area contributed by atoms with E-state index >= 15 is 0 Å². The summed E-state index contributed by atoms with van der Waals surface area (Å²) in [5, 5.41) is 7.38. The highest BCUT2D eigenvalue weighted by Crippen LogP contribution is 2.78.